The molecule has 0 radical (unpaired) electrons. The Balaban J connectivity index is 2.34. The van der Waals surface area contributed by atoms with Crippen LogP contribution in [-0.4, -0.2) is 12.1 Å². The van der Waals surface area contributed by atoms with Crippen molar-refractivity contribution in [3.63, 3.8) is 0 Å². The Morgan fingerprint density at radius 3 is 2.80 bits per heavy atom. The van der Waals surface area contributed by atoms with E-state index < -0.39 is 0 Å². The summed E-state index contributed by atoms with van der Waals surface area (Å²) < 4.78 is 5.08. The minimum atomic E-state index is -0.0153. The number of hydrogen-bond donors (Lipinski definition) is 0. The molecule has 2 atom stereocenters. The molecule has 0 N–H and O–H groups in total. The molecule has 1 rings (SSSR count). The molecule has 1 fully saturated rings. The van der Waals surface area contributed by atoms with Gasteiger partial charge in [-0.2, -0.15) is 0 Å². The van der Waals surface area contributed by atoms with Crippen molar-refractivity contribution in [1.29, 1.82) is 0 Å². The number of esters is 1. The van der Waals surface area contributed by atoms with E-state index in [4.69, 9.17) is 4.74 Å². The van der Waals surface area contributed by atoms with Crippen LogP contribution in [0.1, 0.15) is 33.1 Å². The molecule has 0 aliphatic carbocycles. The van der Waals surface area contributed by atoms with Gasteiger partial charge in [0.2, 0.25) is 0 Å². The lowest BCUT2D eigenvalue weighted by atomic mass is 10.1. The van der Waals surface area contributed by atoms with Gasteiger partial charge in [-0.05, 0) is 12.8 Å². The number of rotatable bonds is 2. The zero-order valence-corrected chi connectivity index (χ0v) is 6.59. The van der Waals surface area contributed by atoms with Crippen LogP contribution >= 0.6 is 0 Å². The first-order valence-electron chi connectivity index (χ1n) is 3.94. The van der Waals surface area contributed by atoms with E-state index in [1.54, 1.807) is 0 Å². The van der Waals surface area contributed by atoms with Crippen molar-refractivity contribution in [1.82, 2.24) is 0 Å². The van der Waals surface area contributed by atoms with Gasteiger partial charge in [0.25, 0.3) is 0 Å². The van der Waals surface area contributed by atoms with E-state index >= 15 is 0 Å². The molecule has 2 nitrogen and oxygen atoms in total. The highest BCUT2D eigenvalue weighted by molar-refractivity contribution is 5.74. The van der Waals surface area contributed by atoms with Crippen molar-refractivity contribution in [2.24, 2.45) is 5.92 Å². The van der Waals surface area contributed by atoms with Crippen molar-refractivity contribution in [3.8, 4) is 0 Å². The Labute approximate surface area is 61.6 Å². The fraction of sp³-hybridized carbons (Fsp3) is 0.875. The van der Waals surface area contributed by atoms with Gasteiger partial charge in [-0.15, -0.1) is 0 Å². The highest BCUT2D eigenvalue weighted by Crippen LogP contribution is 2.23. The van der Waals surface area contributed by atoms with Crippen molar-refractivity contribution < 1.29 is 9.53 Å². The zero-order valence-electron chi connectivity index (χ0n) is 6.59. The van der Waals surface area contributed by atoms with Gasteiger partial charge in [0.05, 0.1) is 5.92 Å². The van der Waals surface area contributed by atoms with E-state index in [9.17, 15) is 4.79 Å². The first-order valence-corrected chi connectivity index (χ1v) is 3.94. The second-order valence-electron chi connectivity index (χ2n) is 2.98. The third-order valence-corrected chi connectivity index (χ3v) is 1.91. The lowest BCUT2D eigenvalue weighted by molar-refractivity contribution is -0.144. The molecule has 1 heterocycles. The van der Waals surface area contributed by atoms with Crippen molar-refractivity contribution in [2.45, 2.75) is 39.2 Å². The van der Waals surface area contributed by atoms with Gasteiger partial charge < -0.3 is 4.74 Å². The van der Waals surface area contributed by atoms with Crippen LogP contribution in [0.25, 0.3) is 0 Å². The van der Waals surface area contributed by atoms with Crippen molar-refractivity contribution in [3.05, 3.63) is 0 Å². The van der Waals surface area contributed by atoms with Gasteiger partial charge in [0.1, 0.15) is 6.10 Å². The average Bonchev–Trinajstić information content (AvgIpc) is 2.14. The fourth-order valence-electron chi connectivity index (χ4n) is 1.32. The quantitative estimate of drug-likeness (QED) is 0.549. The normalized spacial score (nSPS) is 32.4. The predicted octanol–water partition coefficient (Wildman–Crippen LogP) is 1.74. The molecule has 10 heavy (non-hydrogen) atoms. The molecule has 0 saturated carbocycles. The predicted molar refractivity (Wildman–Crippen MR) is 38.6 cm³/mol. The lowest BCUT2D eigenvalue weighted by Crippen LogP contribution is -2.05. The molecule has 0 amide bonds. The lowest BCUT2D eigenvalue weighted by Gasteiger charge is -2.04. The van der Waals surface area contributed by atoms with Crippen LogP contribution < -0.4 is 0 Å². The summed E-state index contributed by atoms with van der Waals surface area (Å²) in [7, 11) is 0. The summed E-state index contributed by atoms with van der Waals surface area (Å²) in [4.78, 5) is 10.8. The van der Waals surface area contributed by atoms with E-state index in [0.717, 1.165) is 19.3 Å². The van der Waals surface area contributed by atoms with Crippen LogP contribution in [0.15, 0.2) is 0 Å². The molecular weight excluding hydrogens is 128 g/mol. The maximum atomic E-state index is 10.8. The first kappa shape index (κ1) is 7.58. The Morgan fingerprint density at radius 2 is 2.40 bits per heavy atom. The molecule has 0 spiro atoms. The highest BCUT2D eigenvalue weighted by Gasteiger charge is 2.29. The van der Waals surface area contributed by atoms with Crippen molar-refractivity contribution >= 4 is 5.97 Å². The van der Waals surface area contributed by atoms with Gasteiger partial charge in [-0.3, -0.25) is 4.79 Å². The molecule has 1 saturated heterocycles. The van der Waals surface area contributed by atoms with E-state index in [-0.39, 0.29) is 18.0 Å². The summed E-state index contributed by atoms with van der Waals surface area (Å²) in [5.41, 5.74) is 0. The highest BCUT2D eigenvalue weighted by atomic mass is 16.5. The van der Waals surface area contributed by atoms with Gasteiger partial charge in [0, 0.05) is 0 Å². The molecule has 0 aromatic rings. The van der Waals surface area contributed by atoms with E-state index in [0.29, 0.717) is 0 Å². The summed E-state index contributed by atoms with van der Waals surface area (Å²) in [6.07, 6.45) is 3.26. The van der Waals surface area contributed by atoms with Gasteiger partial charge >= 0.3 is 5.97 Å². The van der Waals surface area contributed by atoms with E-state index in [1.165, 1.54) is 0 Å². The van der Waals surface area contributed by atoms with Gasteiger partial charge in [-0.25, -0.2) is 0 Å². The molecule has 1 aliphatic heterocycles. The van der Waals surface area contributed by atoms with Crippen LogP contribution in [-0.2, 0) is 9.53 Å². The van der Waals surface area contributed by atoms with Gasteiger partial charge in [0.15, 0.2) is 0 Å². The number of carbonyl (C=O) groups excluding carboxylic acids is 1. The smallest absolute Gasteiger partial charge is 0.309 e. The third kappa shape index (κ3) is 1.49. The molecule has 0 unspecified atom stereocenters. The minimum absolute atomic E-state index is 0.0153. The number of carbonyl (C=O) groups is 1. The summed E-state index contributed by atoms with van der Waals surface area (Å²) in [6.45, 7) is 4.04. The Morgan fingerprint density at radius 1 is 1.70 bits per heavy atom. The Bertz CT molecular complexity index is 131. The molecule has 0 aromatic carbocycles. The minimum Gasteiger partial charge on any atom is -0.462 e. The van der Waals surface area contributed by atoms with Gasteiger partial charge in [-0.1, -0.05) is 20.3 Å². The topological polar surface area (TPSA) is 26.3 Å². The molecular formula is C8H14O2. The maximum Gasteiger partial charge on any atom is 0.309 e. The molecule has 1 aliphatic rings. The van der Waals surface area contributed by atoms with Crippen LogP contribution in [0.2, 0.25) is 0 Å². The summed E-state index contributed by atoms with van der Waals surface area (Å²) in [6, 6.07) is 0. The molecule has 2 heteroatoms. The number of hydrogen-bond acceptors (Lipinski definition) is 2. The van der Waals surface area contributed by atoms with Crippen LogP contribution in [0.3, 0.4) is 0 Å². The summed E-state index contributed by atoms with van der Waals surface area (Å²) >= 11 is 0. The van der Waals surface area contributed by atoms with Crippen LogP contribution in [0, 0.1) is 5.92 Å². The average molecular weight is 142 g/mol. The zero-order chi connectivity index (χ0) is 7.56. The molecule has 0 bridgehead atoms. The third-order valence-electron chi connectivity index (χ3n) is 1.91. The second kappa shape index (κ2) is 3.04. The largest absolute Gasteiger partial charge is 0.462 e. The second-order valence-corrected chi connectivity index (χ2v) is 2.98. The van der Waals surface area contributed by atoms with Crippen molar-refractivity contribution in [2.75, 3.05) is 0 Å². The standard InChI is InChI=1S/C8H14O2/c1-3-4-7-5-6(2)8(9)10-7/h6-7H,3-5H2,1-2H3/t6-,7-/m1/s1. The van der Waals surface area contributed by atoms with Crippen LogP contribution in [0.5, 0.6) is 0 Å². The summed E-state index contributed by atoms with van der Waals surface area (Å²) in [5.74, 6) is 0.120. The monoisotopic (exact) mass is 142 g/mol. The molecule has 0 aromatic heterocycles. The first-order chi connectivity index (χ1) is 4.74. The molecule has 58 valence electrons. The Hall–Kier alpha value is -0.530. The number of ether oxygens (including phenoxy) is 1. The Kier molecular flexibility index (Phi) is 2.30. The number of cyclic esters (lactones) is 1. The van der Waals surface area contributed by atoms with E-state index in [1.807, 2.05) is 6.92 Å². The fourth-order valence-corrected chi connectivity index (χ4v) is 1.32. The van der Waals surface area contributed by atoms with E-state index in [2.05, 4.69) is 6.92 Å². The maximum absolute atomic E-state index is 10.8. The van der Waals surface area contributed by atoms with Crippen LogP contribution in [0.4, 0.5) is 0 Å². The summed E-state index contributed by atoms with van der Waals surface area (Å²) in [5, 5.41) is 0. The SMILES string of the molecule is CCC[C@@H]1C[C@@H](C)C(=O)O1.